The van der Waals surface area contributed by atoms with Gasteiger partial charge in [0.2, 0.25) is 0 Å². The summed E-state index contributed by atoms with van der Waals surface area (Å²) in [6.07, 6.45) is 2.97. The summed E-state index contributed by atoms with van der Waals surface area (Å²) in [5.41, 5.74) is 0. The van der Waals surface area contributed by atoms with E-state index in [2.05, 4.69) is 15.3 Å². The van der Waals surface area contributed by atoms with Crippen molar-refractivity contribution in [3.63, 3.8) is 0 Å². The number of anilines is 1. The Hall–Kier alpha value is -0.910. The second-order valence-corrected chi connectivity index (χ2v) is 3.09. The zero-order valence-corrected chi connectivity index (χ0v) is 8.53. The van der Waals surface area contributed by atoms with E-state index in [0.29, 0.717) is 17.6 Å². The third kappa shape index (κ3) is 3.45. The van der Waals surface area contributed by atoms with E-state index in [1.165, 1.54) is 12.4 Å². The normalized spacial score (nSPS) is 12.5. The van der Waals surface area contributed by atoms with Crippen molar-refractivity contribution in [1.29, 1.82) is 0 Å². The number of methoxy groups -OCH3 is 1. The van der Waals surface area contributed by atoms with Gasteiger partial charge >= 0.3 is 0 Å². The fourth-order valence-corrected chi connectivity index (χ4v) is 1.11. The fraction of sp³-hybridized carbons (Fsp3) is 0.500. The summed E-state index contributed by atoms with van der Waals surface area (Å²) in [5, 5.41) is 12.2. The minimum atomic E-state index is -0.201. The number of nitrogens with zero attached hydrogens (tertiary/aromatic N) is 2. The maximum absolute atomic E-state index is 8.96. The van der Waals surface area contributed by atoms with Gasteiger partial charge in [0.15, 0.2) is 0 Å². The van der Waals surface area contributed by atoms with Gasteiger partial charge in [-0.1, -0.05) is 11.6 Å². The molecule has 0 radical (unpaired) electrons. The molecule has 5 nitrogen and oxygen atoms in total. The Morgan fingerprint density at radius 3 is 3.00 bits per heavy atom. The predicted octanol–water partition coefficient (Wildman–Crippen LogP) is 0.549. The molecule has 0 spiro atoms. The van der Waals surface area contributed by atoms with E-state index < -0.39 is 0 Å². The summed E-state index contributed by atoms with van der Waals surface area (Å²) in [7, 11) is 1.56. The molecule has 6 heteroatoms. The summed E-state index contributed by atoms with van der Waals surface area (Å²) < 4.78 is 4.89. The van der Waals surface area contributed by atoms with Gasteiger partial charge in [-0.15, -0.1) is 0 Å². The van der Waals surface area contributed by atoms with Gasteiger partial charge < -0.3 is 15.2 Å². The molecule has 0 aliphatic rings. The summed E-state index contributed by atoms with van der Waals surface area (Å²) in [5.74, 6) is 0.522. The zero-order chi connectivity index (χ0) is 10.4. The van der Waals surface area contributed by atoms with E-state index in [-0.39, 0.29) is 12.6 Å². The van der Waals surface area contributed by atoms with Gasteiger partial charge in [0, 0.05) is 7.11 Å². The second kappa shape index (κ2) is 5.74. The Morgan fingerprint density at radius 1 is 1.64 bits per heavy atom. The SMILES string of the molecule is COCC(CO)Nc1cncc(Cl)n1. The minimum Gasteiger partial charge on any atom is -0.394 e. The van der Waals surface area contributed by atoms with E-state index in [1.807, 2.05) is 0 Å². The highest BCUT2D eigenvalue weighted by Crippen LogP contribution is 2.07. The number of rotatable bonds is 5. The molecule has 1 rings (SSSR count). The van der Waals surface area contributed by atoms with Crippen molar-refractivity contribution < 1.29 is 9.84 Å². The van der Waals surface area contributed by atoms with Crippen LogP contribution in [-0.4, -0.2) is 41.4 Å². The molecular weight excluding hydrogens is 206 g/mol. The molecule has 14 heavy (non-hydrogen) atoms. The number of aliphatic hydroxyl groups is 1. The Balaban J connectivity index is 2.57. The molecule has 0 amide bonds. The van der Waals surface area contributed by atoms with Crippen LogP contribution >= 0.6 is 11.6 Å². The molecule has 0 aliphatic heterocycles. The van der Waals surface area contributed by atoms with Crippen LogP contribution < -0.4 is 5.32 Å². The topological polar surface area (TPSA) is 67.3 Å². The molecule has 1 heterocycles. The highest BCUT2D eigenvalue weighted by atomic mass is 35.5. The summed E-state index contributed by atoms with van der Waals surface area (Å²) in [6, 6.07) is -0.201. The molecule has 1 atom stereocenters. The lowest BCUT2D eigenvalue weighted by Gasteiger charge is -2.15. The number of nitrogens with one attached hydrogen (secondary N) is 1. The van der Waals surface area contributed by atoms with Crippen LogP contribution in [0.3, 0.4) is 0 Å². The first-order valence-corrected chi connectivity index (χ1v) is 4.48. The maximum atomic E-state index is 8.96. The number of hydrogen-bond acceptors (Lipinski definition) is 5. The Bertz CT molecular complexity index is 285. The van der Waals surface area contributed by atoms with Crippen molar-refractivity contribution >= 4 is 17.4 Å². The number of halogens is 1. The monoisotopic (exact) mass is 217 g/mol. The standard InChI is InChI=1S/C8H12ClN3O2/c1-14-5-6(4-13)11-8-3-10-2-7(9)12-8/h2-3,6,13H,4-5H2,1H3,(H,11,12). The van der Waals surface area contributed by atoms with Crippen LogP contribution in [0.2, 0.25) is 5.15 Å². The second-order valence-electron chi connectivity index (χ2n) is 2.71. The van der Waals surface area contributed by atoms with Crippen molar-refractivity contribution in [3.05, 3.63) is 17.5 Å². The Kier molecular flexibility index (Phi) is 4.58. The van der Waals surface area contributed by atoms with E-state index >= 15 is 0 Å². The number of ether oxygens (including phenoxy) is 1. The lowest BCUT2D eigenvalue weighted by molar-refractivity contribution is 0.153. The van der Waals surface area contributed by atoms with Crippen molar-refractivity contribution in [3.8, 4) is 0 Å². The van der Waals surface area contributed by atoms with Gasteiger partial charge in [-0.2, -0.15) is 0 Å². The van der Waals surface area contributed by atoms with Crippen molar-refractivity contribution in [2.24, 2.45) is 0 Å². The van der Waals surface area contributed by atoms with Gasteiger partial charge in [-0.05, 0) is 0 Å². The average molecular weight is 218 g/mol. The summed E-state index contributed by atoms with van der Waals surface area (Å²) in [4.78, 5) is 7.82. The Labute approximate surface area is 87.1 Å². The lowest BCUT2D eigenvalue weighted by Crippen LogP contribution is -2.29. The van der Waals surface area contributed by atoms with E-state index in [0.717, 1.165) is 0 Å². The molecule has 1 aromatic heterocycles. The molecule has 0 saturated carbocycles. The molecular formula is C8H12ClN3O2. The number of aromatic nitrogens is 2. The van der Waals surface area contributed by atoms with Crippen LogP contribution in [0, 0.1) is 0 Å². The summed E-state index contributed by atoms with van der Waals surface area (Å²) in [6.45, 7) is 0.354. The highest BCUT2D eigenvalue weighted by molar-refractivity contribution is 6.29. The van der Waals surface area contributed by atoms with Crippen LogP contribution in [0.1, 0.15) is 0 Å². The van der Waals surface area contributed by atoms with E-state index in [1.54, 1.807) is 7.11 Å². The predicted molar refractivity (Wildman–Crippen MR) is 53.4 cm³/mol. The van der Waals surface area contributed by atoms with Crippen LogP contribution in [0.25, 0.3) is 0 Å². The van der Waals surface area contributed by atoms with E-state index in [9.17, 15) is 0 Å². The highest BCUT2D eigenvalue weighted by Gasteiger charge is 2.07. The summed E-state index contributed by atoms with van der Waals surface area (Å²) >= 11 is 5.64. The average Bonchev–Trinajstić information content (AvgIpc) is 2.17. The van der Waals surface area contributed by atoms with Gasteiger partial charge in [0.25, 0.3) is 0 Å². The molecule has 0 aromatic carbocycles. The van der Waals surface area contributed by atoms with Crippen LogP contribution in [0.5, 0.6) is 0 Å². The van der Waals surface area contributed by atoms with E-state index in [4.69, 9.17) is 21.4 Å². The first-order valence-electron chi connectivity index (χ1n) is 4.10. The number of hydrogen-bond donors (Lipinski definition) is 2. The molecule has 78 valence electrons. The first-order chi connectivity index (χ1) is 6.76. The molecule has 1 aromatic rings. The first kappa shape index (κ1) is 11.2. The largest absolute Gasteiger partial charge is 0.394 e. The quantitative estimate of drug-likeness (QED) is 0.754. The van der Waals surface area contributed by atoms with Gasteiger partial charge in [-0.3, -0.25) is 4.98 Å². The third-order valence-electron chi connectivity index (χ3n) is 1.55. The fourth-order valence-electron chi connectivity index (χ4n) is 0.962. The molecule has 0 bridgehead atoms. The number of aliphatic hydroxyl groups excluding tert-OH is 1. The maximum Gasteiger partial charge on any atom is 0.149 e. The van der Waals surface area contributed by atoms with Crippen molar-refractivity contribution in [2.45, 2.75) is 6.04 Å². The van der Waals surface area contributed by atoms with Gasteiger partial charge in [-0.25, -0.2) is 4.98 Å². The van der Waals surface area contributed by atoms with Crippen LogP contribution in [0.15, 0.2) is 12.4 Å². The minimum absolute atomic E-state index is 0.0396. The zero-order valence-electron chi connectivity index (χ0n) is 7.77. The Morgan fingerprint density at radius 2 is 2.43 bits per heavy atom. The molecule has 1 unspecified atom stereocenters. The lowest BCUT2D eigenvalue weighted by atomic mass is 10.3. The van der Waals surface area contributed by atoms with Gasteiger partial charge in [0.05, 0.1) is 31.6 Å². The molecule has 2 N–H and O–H groups in total. The van der Waals surface area contributed by atoms with Crippen molar-refractivity contribution in [2.75, 3.05) is 25.6 Å². The molecule has 0 saturated heterocycles. The molecule has 0 aliphatic carbocycles. The van der Waals surface area contributed by atoms with Gasteiger partial charge in [0.1, 0.15) is 11.0 Å². The molecule has 0 fully saturated rings. The van der Waals surface area contributed by atoms with Crippen LogP contribution in [-0.2, 0) is 4.74 Å². The van der Waals surface area contributed by atoms with Crippen LogP contribution in [0.4, 0.5) is 5.82 Å². The third-order valence-corrected chi connectivity index (χ3v) is 1.73. The smallest absolute Gasteiger partial charge is 0.149 e. The van der Waals surface area contributed by atoms with Crippen molar-refractivity contribution in [1.82, 2.24) is 9.97 Å².